The quantitative estimate of drug-likeness (QED) is 0.381. The molecule has 0 radical (unpaired) electrons. The Morgan fingerprint density at radius 2 is 2.00 bits per heavy atom. The summed E-state index contributed by atoms with van der Waals surface area (Å²) >= 11 is 0. The van der Waals surface area contributed by atoms with Crippen molar-refractivity contribution >= 4 is 5.96 Å². The molecule has 138 valence electrons. The van der Waals surface area contributed by atoms with Crippen LogP contribution in [0.2, 0.25) is 0 Å². The first-order chi connectivity index (χ1) is 12.3. The number of nitrogens with zero attached hydrogens (tertiary/aromatic N) is 1. The van der Waals surface area contributed by atoms with Crippen LogP contribution in [-0.2, 0) is 4.74 Å². The zero-order chi connectivity index (χ0) is 17.3. The van der Waals surface area contributed by atoms with E-state index in [2.05, 4.69) is 15.6 Å². The van der Waals surface area contributed by atoms with Gasteiger partial charge < -0.3 is 29.6 Å². The average molecular weight is 349 g/mol. The lowest BCUT2D eigenvalue weighted by Gasteiger charge is -2.12. The molecule has 1 heterocycles. The number of guanidine groups is 1. The molecule has 3 rings (SSSR count). The van der Waals surface area contributed by atoms with Gasteiger partial charge in [-0.2, -0.15) is 0 Å². The maximum Gasteiger partial charge on any atom is 0.231 e. The second-order valence-electron chi connectivity index (χ2n) is 6.16. The second kappa shape index (κ2) is 9.36. The van der Waals surface area contributed by atoms with Gasteiger partial charge in [0.25, 0.3) is 0 Å². The molecule has 7 heteroatoms. The molecule has 0 unspecified atom stereocenters. The van der Waals surface area contributed by atoms with Crippen molar-refractivity contribution in [1.82, 2.24) is 10.6 Å². The van der Waals surface area contributed by atoms with Gasteiger partial charge in [-0.25, -0.2) is 0 Å². The summed E-state index contributed by atoms with van der Waals surface area (Å²) in [4.78, 5) is 4.20. The molecular weight excluding hydrogens is 322 g/mol. The van der Waals surface area contributed by atoms with Crippen molar-refractivity contribution < 1.29 is 18.9 Å². The van der Waals surface area contributed by atoms with Crippen molar-refractivity contribution in [3.8, 4) is 17.2 Å². The van der Waals surface area contributed by atoms with Gasteiger partial charge in [0.15, 0.2) is 17.5 Å². The molecule has 0 spiro atoms. The Morgan fingerprint density at radius 1 is 1.16 bits per heavy atom. The van der Waals surface area contributed by atoms with Crippen LogP contribution in [0.4, 0.5) is 0 Å². The van der Waals surface area contributed by atoms with E-state index < -0.39 is 0 Å². The summed E-state index contributed by atoms with van der Waals surface area (Å²) in [5, 5.41) is 6.50. The van der Waals surface area contributed by atoms with E-state index in [1.54, 1.807) is 7.05 Å². The Balaban J connectivity index is 1.24. The fourth-order valence-corrected chi connectivity index (χ4v) is 2.44. The van der Waals surface area contributed by atoms with Crippen LogP contribution in [0.15, 0.2) is 23.2 Å². The summed E-state index contributed by atoms with van der Waals surface area (Å²) in [6, 6.07) is 5.58. The molecule has 0 amide bonds. The third-order valence-electron chi connectivity index (χ3n) is 4.04. The van der Waals surface area contributed by atoms with Crippen molar-refractivity contribution in [2.24, 2.45) is 10.9 Å². The first kappa shape index (κ1) is 17.7. The minimum atomic E-state index is 0.272. The Labute approximate surface area is 148 Å². The minimum Gasteiger partial charge on any atom is -0.492 e. The smallest absolute Gasteiger partial charge is 0.231 e. The highest BCUT2D eigenvalue weighted by Gasteiger charge is 2.20. The monoisotopic (exact) mass is 349 g/mol. The molecule has 0 atom stereocenters. The zero-order valence-corrected chi connectivity index (χ0v) is 14.8. The molecule has 1 aliphatic heterocycles. The Kier molecular flexibility index (Phi) is 6.62. The van der Waals surface area contributed by atoms with Crippen LogP contribution >= 0.6 is 0 Å². The van der Waals surface area contributed by atoms with Crippen molar-refractivity contribution in [2.45, 2.75) is 19.3 Å². The van der Waals surface area contributed by atoms with Gasteiger partial charge in [0.1, 0.15) is 12.4 Å². The number of aliphatic imine (C=N–C) groups is 1. The largest absolute Gasteiger partial charge is 0.492 e. The van der Waals surface area contributed by atoms with Crippen LogP contribution in [0.25, 0.3) is 0 Å². The van der Waals surface area contributed by atoms with E-state index in [0.717, 1.165) is 55.3 Å². The molecule has 0 aromatic heterocycles. The summed E-state index contributed by atoms with van der Waals surface area (Å²) in [5.74, 6) is 3.86. The predicted molar refractivity (Wildman–Crippen MR) is 95.6 cm³/mol. The summed E-state index contributed by atoms with van der Waals surface area (Å²) in [7, 11) is 1.76. The van der Waals surface area contributed by atoms with Crippen LogP contribution in [0.1, 0.15) is 19.3 Å². The number of rotatable bonds is 10. The van der Waals surface area contributed by atoms with Gasteiger partial charge in [0.05, 0.1) is 6.54 Å². The van der Waals surface area contributed by atoms with E-state index in [0.29, 0.717) is 13.2 Å². The lowest BCUT2D eigenvalue weighted by molar-refractivity contribution is 0.123. The minimum absolute atomic E-state index is 0.272. The first-order valence-electron chi connectivity index (χ1n) is 8.90. The second-order valence-corrected chi connectivity index (χ2v) is 6.16. The van der Waals surface area contributed by atoms with Gasteiger partial charge in [-0.3, -0.25) is 4.99 Å². The van der Waals surface area contributed by atoms with E-state index in [-0.39, 0.29) is 6.79 Å². The summed E-state index contributed by atoms with van der Waals surface area (Å²) in [5.41, 5.74) is 0. The highest BCUT2D eigenvalue weighted by molar-refractivity contribution is 5.79. The molecule has 1 fully saturated rings. The fourth-order valence-electron chi connectivity index (χ4n) is 2.44. The van der Waals surface area contributed by atoms with Gasteiger partial charge in [-0.1, -0.05) is 0 Å². The third kappa shape index (κ3) is 6.01. The van der Waals surface area contributed by atoms with E-state index >= 15 is 0 Å². The maximum atomic E-state index is 5.71. The van der Waals surface area contributed by atoms with Crippen LogP contribution in [-0.4, -0.2) is 52.7 Å². The van der Waals surface area contributed by atoms with Gasteiger partial charge >= 0.3 is 0 Å². The molecule has 7 nitrogen and oxygen atoms in total. The highest BCUT2D eigenvalue weighted by atomic mass is 16.7. The Bertz CT molecular complexity index is 575. The number of benzene rings is 1. The number of nitrogens with one attached hydrogen (secondary N) is 2. The van der Waals surface area contributed by atoms with Crippen molar-refractivity contribution in [2.75, 3.05) is 46.8 Å². The number of hydrogen-bond donors (Lipinski definition) is 2. The van der Waals surface area contributed by atoms with Crippen molar-refractivity contribution in [3.05, 3.63) is 18.2 Å². The molecule has 1 aliphatic carbocycles. The fraction of sp³-hybridized carbons (Fsp3) is 0.611. The molecule has 25 heavy (non-hydrogen) atoms. The summed E-state index contributed by atoms with van der Waals surface area (Å²) in [6.07, 6.45) is 3.65. The number of fused-ring (bicyclic) bond motifs is 1. The topological polar surface area (TPSA) is 73.3 Å². The van der Waals surface area contributed by atoms with Gasteiger partial charge in [-0.15, -0.1) is 0 Å². The van der Waals surface area contributed by atoms with E-state index in [4.69, 9.17) is 18.9 Å². The molecule has 0 saturated heterocycles. The molecule has 0 bridgehead atoms. The van der Waals surface area contributed by atoms with Crippen LogP contribution in [0.3, 0.4) is 0 Å². The molecule has 1 aromatic rings. The van der Waals surface area contributed by atoms with Crippen LogP contribution in [0, 0.1) is 5.92 Å². The number of ether oxygens (including phenoxy) is 4. The van der Waals surface area contributed by atoms with E-state index in [9.17, 15) is 0 Å². The molecule has 2 aliphatic rings. The maximum absolute atomic E-state index is 5.71. The standard InChI is InChI=1S/C18H27N3O4/c1-19-18(20-7-2-9-22-12-14-3-4-14)21-8-10-23-15-5-6-16-17(11-15)25-13-24-16/h5-6,11,14H,2-4,7-10,12-13H2,1H3,(H2,19,20,21). The zero-order valence-electron chi connectivity index (χ0n) is 14.8. The van der Waals surface area contributed by atoms with Crippen molar-refractivity contribution in [3.63, 3.8) is 0 Å². The van der Waals surface area contributed by atoms with Crippen LogP contribution < -0.4 is 24.8 Å². The van der Waals surface area contributed by atoms with Gasteiger partial charge in [0, 0.05) is 32.9 Å². The summed E-state index contributed by atoms with van der Waals surface area (Å²) in [6.45, 7) is 4.02. The van der Waals surface area contributed by atoms with Gasteiger partial charge in [0.2, 0.25) is 6.79 Å². The highest BCUT2D eigenvalue weighted by Crippen LogP contribution is 2.35. The molecule has 2 N–H and O–H groups in total. The van der Waals surface area contributed by atoms with Crippen molar-refractivity contribution in [1.29, 1.82) is 0 Å². The first-order valence-corrected chi connectivity index (χ1v) is 8.90. The molecule has 1 saturated carbocycles. The van der Waals surface area contributed by atoms with E-state index in [1.807, 2.05) is 18.2 Å². The summed E-state index contributed by atoms with van der Waals surface area (Å²) < 4.78 is 21.9. The SMILES string of the molecule is CN=C(NCCCOCC1CC1)NCCOc1ccc2c(c1)OCO2. The predicted octanol–water partition coefficient (Wildman–Crippen LogP) is 1.78. The lowest BCUT2D eigenvalue weighted by Crippen LogP contribution is -2.39. The Morgan fingerprint density at radius 3 is 2.84 bits per heavy atom. The van der Waals surface area contributed by atoms with Gasteiger partial charge in [-0.05, 0) is 37.3 Å². The molecular formula is C18H27N3O4. The average Bonchev–Trinajstić information content (AvgIpc) is 3.34. The molecule has 1 aromatic carbocycles. The lowest BCUT2D eigenvalue weighted by atomic mass is 10.3. The third-order valence-corrected chi connectivity index (χ3v) is 4.04. The van der Waals surface area contributed by atoms with E-state index in [1.165, 1.54) is 12.8 Å². The van der Waals surface area contributed by atoms with Crippen LogP contribution in [0.5, 0.6) is 17.2 Å². The normalized spacial score (nSPS) is 16.0. The Hall–Kier alpha value is -2.15. The number of hydrogen-bond acceptors (Lipinski definition) is 5.